The number of amides is 2. The predicted octanol–water partition coefficient (Wildman–Crippen LogP) is 5.00. The third-order valence-corrected chi connectivity index (χ3v) is 14.1. The Morgan fingerprint density at radius 1 is 0.971 bits per heavy atom. The SMILES string of the molecule is CC(C)(O)Cn1cc(-c2nc(Nc3ccc(S(=O)(=O)NCCOCc4cn(CCN5CCC6(CC5)CCN(c5cccc(C7CCC(=O)NC7=O)c5)CC6)nn4)cc3F)ncc2C(F)(F)F)cn1. The summed E-state index contributed by atoms with van der Waals surface area (Å²) < 4.78 is 93.9. The van der Waals surface area contributed by atoms with Crippen LogP contribution in [0.1, 0.15) is 75.1 Å². The van der Waals surface area contributed by atoms with Crippen LogP contribution in [0.15, 0.2) is 72.1 Å². The van der Waals surface area contributed by atoms with Crippen molar-refractivity contribution >= 4 is 39.2 Å². The Morgan fingerprint density at radius 2 is 1.74 bits per heavy atom. The molecule has 1 spiro atoms. The van der Waals surface area contributed by atoms with Gasteiger partial charge < -0.3 is 25.0 Å². The van der Waals surface area contributed by atoms with E-state index in [0.717, 1.165) is 94.1 Å². The molecule has 0 aliphatic carbocycles. The fraction of sp³-hybridized carbons (Fsp3) is 0.489. The van der Waals surface area contributed by atoms with Gasteiger partial charge in [-0.05, 0) is 100 Å². The van der Waals surface area contributed by atoms with Crippen LogP contribution in [0.2, 0.25) is 0 Å². The molecule has 3 aromatic heterocycles. The minimum Gasteiger partial charge on any atom is -0.389 e. The summed E-state index contributed by atoms with van der Waals surface area (Å²) in [6.45, 7) is 8.38. The van der Waals surface area contributed by atoms with Gasteiger partial charge in [-0.15, -0.1) is 5.10 Å². The highest BCUT2D eigenvalue weighted by molar-refractivity contribution is 7.89. The second-order valence-corrected chi connectivity index (χ2v) is 20.1. The highest BCUT2D eigenvalue weighted by Gasteiger charge is 2.39. The summed E-state index contributed by atoms with van der Waals surface area (Å²) in [5.74, 6) is -2.13. The maximum atomic E-state index is 15.2. The number of likely N-dealkylation sites (tertiary alicyclic amines) is 1. The topological polar surface area (TPSA) is 215 Å². The van der Waals surface area contributed by atoms with Crippen LogP contribution in [0.4, 0.5) is 34.9 Å². The first-order chi connectivity index (χ1) is 32.3. The molecule has 364 valence electrons. The number of carbonyl (C=O) groups excluding carboxylic acids is 2. The van der Waals surface area contributed by atoms with E-state index in [1.165, 1.54) is 24.7 Å². The van der Waals surface area contributed by atoms with Crippen LogP contribution >= 0.6 is 0 Å². The lowest BCUT2D eigenvalue weighted by Crippen LogP contribution is -2.47. The van der Waals surface area contributed by atoms with Gasteiger partial charge in [-0.25, -0.2) is 27.5 Å². The number of aromatic nitrogens is 7. The first kappa shape index (κ1) is 48.6. The van der Waals surface area contributed by atoms with Crippen LogP contribution in [-0.4, -0.2) is 116 Å². The van der Waals surface area contributed by atoms with E-state index in [1.807, 2.05) is 12.1 Å². The molecule has 3 saturated heterocycles. The molecule has 3 fully saturated rings. The Morgan fingerprint density at radius 3 is 2.46 bits per heavy atom. The molecule has 18 nitrogen and oxygen atoms in total. The lowest BCUT2D eigenvalue weighted by Gasteiger charge is -2.47. The van der Waals surface area contributed by atoms with E-state index >= 15 is 4.39 Å². The molecular weight excluding hydrogens is 913 g/mol. The summed E-state index contributed by atoms with van der Waals surface area (Å²) in [4.78, 5) is 36.2. The summed E-state index contributed by atoms with van der Waals surface area (Å²) in [5, 5.41) is 27.5. The highest BCUT2D eigenvalue weighted by Crippen LogP contribution is 2.43. The van der Waals surface area contributed by atoms with E-state index in [4.69, 9.17) is 4.74 Å². The number of sulfonamides is 1. The zero-order chi connectivity index (χ0) is 48.3. The number of hydrogen-bond donors (Lipinski definition) is 4. The predicted molar refractivity (Wildman–Crippen MR) is 240 cm³/mol. The van der Waals surface area contributed by atoms with Crippen molar-refractivity contribution in [3.8, 4) is 11.3 Å². The minimum absolute atomic E-state index is 0.00148. The average molecular weight is 967 g/mol. The van der Waals surface area contributed by atoms with Crippen molar-refractivity contribution in [1.29, 1.82) is 0 Å². The number of rotatable bonds is 17. The van der Waals surface area contributed by atoms with Crippen LogP contribution < -0.4 is 20.3 Å². The molecule has 5 aromatic rings. The zero-order valence-corrected chi connectivity index (χ0v) is 38.5. The van der Waals surface area contributed by atoms with Crippen molar-refractivity contribution in [2.45, 2.75) is 94.7 Å². The van der Waals surface area contributed by atoms with E-state index in [0.29, 0.717) is 36.7 Å². The Bertz CT molecular complexity index is 2710. The first-order valence-corrected chi connectivity index (χ1v) is 23.9. The molecule has 0 radical (unpaired) electrons. The van der Waals surface area contributed by atoms with Crippen LogP contribution in [-0.2, 0) is 50.2 Å². The maximum absolute atomic E-state index is 15.2. The van der Waals surface area contributed by atoms with Gasteiger partial charge in [0.2, 0.25) is 27.8 Å². The molecule has 1 unspecified atom stereocenters. The smallest absolute Gasteiger partial charge is 0.389 e. The summed E-state index contributed by atoms with van der Waals surface area (Å²) in [5.41, 5.74) is -0.202. The van der Waals surface area contributed by atoms with Crippen molar-refractivity contribution in [2.24, 2.45) is 5.41 Å². The standard InChI is InChI=1S/C45H54F4N12O6S/c1-43(2,64)29-61-26-31(24-51-61)40-36(45(47,48)49)25-50-42(55-40)53-38-8-6-34(23-37(38)46)68(65,66)52-14-21-67-28-32-27-60(57-56-32)20-19-58-15-10-44(11-16-58)12-17-59(18-13-44)33-5-3-4-30(22-33)35-7-9-39(62)54-41(35)63/h3-6,8,22-27,35,52,64H,7,9-21,28-29H2,1-2H3,(H,50,53,55)(H,54,62,63). The fourth-order valence-electron chi connectivity index (χ4n) is 8.93. The van der Waals surface area contributed by atoms with Gasteiger partial charge in [0.1, 0.15) is 17.1 Å². The molecule has 4 N–H and O–H groups in total. The number of nitrogens with zero attached hydrogens (tertiary/aromatic N) is 9. The van der Waals surface area contributed by atoms with Crippen molar-refractivity contribution in [3.05, 3.63) is 89.9 Å². The Hall–Kier alpha value is -5.88. The molecule has 2 amide bonds. The Balaban J connectivity index is 0.747. The number of ether oxygens (including phenoxy) is 1. The van der Waals surface area contributed by atoms with E-state index < -0.39 is 43.8 Å². The molecule has 6 heterocycles. The Kier molecular flexibility index (Phi) is 14.3. The summed E-state index contributed by atoms with van der Waals surface area (Å²) in [6, 6.07) is 11.2. The lowest BCUT2D eigenvalue weighted by molar-refractivity contribution is -0.137. The van der Waals surface area contributed by atoms with E-state index in [9.17, 15) is 36.3 Å². The van der Waals surface area contributed by atoms with Gasteiger partial charge in [-0.3, -0.25) is 24.3 Å². The third-order valence-electron chi connectivity index (χ3n) is 12.7. The quantitative estimate of drug-likeness (QED) is 0.0549. The molecule has 2 aromatic carbocycles. The van der Waals surface area contributed by atoms with Gasteiger partial charge in [0.15, 0.2) is 0 Å². The number of benzene rings is 2. The van der Waals surface area contributed by atoms with Crippen molar-refractivity contribution in [1.82, 2.24) is 49.7 Å². The number of carbonyl (C=O) groups is 2. The van der Waals surface area contributed by atoms with E-state index in [2.05, 4.69) is 62.7 Å². The highest BCUT2D eigenvalue weighted by atomic mass is 32.2. The summed E-state index contributed by atoms with van der Waals surface area (Å²) in [6.07, 6.45) is 5.33. The monoisotopic (exact) mass is 966 g/mol. The molecule has 0 bridgehead atoms. The number of piperidine rings is 3. The van der Waals surface area contributed by atoms with Crippen molar-refractivity contribution < 1.29 is 45.4 Å². The number of hydrogen-bond acceptors (Lipinski definition) is 14. The number of nitrogens with one attached hydrogen (secondary N) is 3. The Labute approximate surface area is 390 Å². The number of anilines is 3. The third kappa shape index (κ3) is 12.0. The van der Waals surface area contributed by atoms with Gasteiger partial charge in [0, 0.05) is 56.2 Å². The van der Waals surface area contributed by atoms with E-state index in [1.54, 1.807) is 10.9 Å². The zero-order valence-electron chi connectivity index (χ0n) is 37.7. The average Bonchev–Trinajstić information content (AvgIpc) is 3.95. The van der Waals surface area contributed by atoms with Crippen LogP contribution in [0, 0.1) is 11.2 Å². The fourth-order valence-corrected chi connectivity index (χ4v) is 9.95. The van der Waals surface area contributed by atoms with Gasteiger partial charge >= 0.3 is 6.18 Å². The van der Waals surface area contributed by atoms with Gasteiger partial charge in [-0.1, -0.05) is 17.3 Å². The largest absolute Gasteiger partial charge is 0.419 e. The molecular formula is C45H54F4N12O6S. The van der Waals surface area contributed by atoms with Crippen molar-refractivity contribution in [2.75, 3.05) is 56.1 Å². The number of aliphatic hydroxyl groups is 1. The molecule has 3 aliphatic rings. The van der Waals surface area contributed by atoms with Crippen LogP contribution in [0.25, 0.3) is 11.3 Å². The van der Waals surface area contributed by atoms with Gasteiger partial charge in [0.25, 0.3) is 0 Å². The van der Waals surface area contributed by atoms with Crippen LogP contribution in [0.3, 0.4) is 0 Å². The van der Waals surface area contributed by atoms with Crippen molar-refractivity contribution in [3.63, 3.8) is 0 Å². The number of alkyl halides is 3. The minimum atomic E-state index is -4.83. The van der Waals surface area contributed by atoms with Gasteiger partial charge in [0.05, 0.1) is 66.5 Å². The first-order valence-electron chi connectivity index (χ1n) is 22.4. The summed E-state index contributed by atoms with van der Waals surface area (Å²) in [7, 11) is -4.18. The molecule has 1 atom stereocenters. The molecule has 8 rings (SSSR count). The number of halogens is 4. The summed E-state index contributed by atoms with van der Waals surface area (Å²) >= 11 is 0. The number of imide groups is 1. The molecule has 23 heteroatoms. The lowest BCUT2D eigenvalue weighted by atomic mass is 9.71. The van der Waals surface area contributed by atoms with Gasteiger partial charge in [-0.2, -0.15) is 18.3 Å². The second-order valence-electron chi connectivity index (χ2n) is 18.3. The maximum Gasteiger partial charge on any atom is 0.419 e. The molecule has 0 saturated carbocycles. The van der Waals surface area contributed by atoms with Crippen LogP contribution in [0.5, 0.6) is 0 Å². The normalized spacial score (nSPS) is 18.3. The molecule has 3 aliphatic heterocycles. The van der Waals surface area contributed by atoms with E-state index in [-0.39, 0.29) is 61.2 Å². The second kappa shape index (κ2) is 20.0. The molecule has 68 heavy (non-hydrogen) atoms.